The van der Waals surface area contributed by atoms with Crippen LogP contribution in [0.4, 0.5) is 0 Å². The Morgan fingerprint density at radius 2 is 2.29 bits per heavy atom. The second-order valence-corrected chi connectivity index (χ2v) is 4.75. The summed E-state index contributed by atoms with van der Waals surface area (Å²) < 4.78 is 1.69. The predicted molar refractivity (Wildman–Crippen MR) is 58.6 cm³/mol. The van der Waals surface area contributed by atoms with Gasteiger partial charge in [0.05, 0.1) is 0 Å². The monoisotopic (exact) mass is 234 g/mol. The number of halogens is 1. The molecule has 80 valence electrons. The zero-order valence-electron chi connectivity index (χ0n) is 8.48. The third-order valence-corrected chi connectivity index (χ3v) is 3.29. The van der Waals surface area contributed by atoms with E-state index < -0.39 is 0 Å². The molecule has 1 aromatic rings. The van der Waals surface area contributed by atoms with Crippen LogP contribution < -0.4 is 0 Å². The van der Waals surface area contributed by atoms with Gasteiger partial charge in [0.2, 0.25) is 5.16 Å². The zero-order chi connectivity index (χ0) is 10.4. The average molecular weight is 235 g/mol. The predicted octanol–water partition coefficient (Wildman–Crippen LogP) is 1.96. The summed E-state index contributed by atoms with van der Waals surface area (Å²) in [7, 11) is 1.85. The average Bonchev–Trinajstić information content (AvgIpc) is 2.52. The van der Waals surface area contributed by atoms with Crippen LogP contribution in [-0.2, 0) is 7.05 Å². The minimum Gasteiger partial charge on any atom is -0.224 e. The van der Waals surface area contributed by atoms with Crippen LogP contribution in [0, 0.1) is 5.92 Å². The topological polar surface area (TPSA) is 43.6 Å². The molecule has 0 fully saturated rings. The highest BCUT2D eigenvalue weighted by molar-refractivity contribution is 7.99. The van der Waals surface area contributed by atoms with Gasteiger partial charge < -0.3 is 0 Å². The number of nitrogens with zero attached hydrogens (tertiary/aromatic N) is 4. The van der Waals surface area contributed by atoms with Crippen LogP contribution in [0.3, 0.4) is 0 Å². The molecule has 0 aliphatic rings. The van der Waals surface area contributed by atoms with E-state index in [-0.39, 0.29) is 0 Å². The Bertz CT molecular complexity index is 266. The van der Waals surface area contributed by atoms with Crippen molar-refractivity contribution in [3.63, 3.8) is 0 Å². The molecule has 0 aromatic carbocycles. The fourth-order valence-electron chi connectivity index (χ4n) is 1.03. The Balaban J connectivity index is 2.19. The van der Waals surface area contributed by atoms with E-state index in [9.17, 15) is 0 Å². The summed E-state index contributed by atoms with van der Waals surface area (Å²) in [5.41, 5.74) is 0. The number of hydrogen-bond donors (Lipinski definition) is 0. The summed E-state index contributed by atoms with van der Waals surface area (Å²) in [6, 6.07) is 0. The second kappa shape index (κ2) is 6.24. The fourth-order valence-corrected chi connectivity index (χ4v) is 2.42. The van der Waals surface area contributed by atoms with Crippen molar-refractivity contribution in [3.05, 3.63) is 0 Å². The lowest BCUT2D eigenvalue weighted by Crippen LogP contribution is -1.99. The first kappa shape index (κ1) is 11.8. The Labute approximate surface area is 93.4 Å². The molecule has 0 aliphatic carbocycles. The van der Waals surface area contributed by atoms with Crippen molar-refractivity contribution in [1.82, 2.24) is 20.2 Å². The Kier molecular flexibility index (Phi) is 5.25. The Morgan fingerprint density at radius 3 is 2.86 bits per heavy atom. The van der Waals surface area contributed by atoms with Gasteiger partial charge in [-0.1, -0.05) is 18.7 Å². The Morgan fingerprint density at radius 1 is 1.50 bits per heavy atom. The minimum absolute atomic E-state index is 0.682. The summed E-state index contributed by atoms with van der Waals surface area (Å²) >= 11 is 7.35. The maximum Gasteiger partial charge on any atom is 0.209 e. The molecular weight excluding hydrogens is 220 g/mol. The van der Waals surface area contributed by atoms with Crippen LogP contribution in [0.25, 0.3) is 0 Å². The van der Waals surface area contributed by atoms with E-state index in [0.717, 1.165) is 29.6 Å². The molecule has 1 heterocycles. The van der Waals surface area contributed by atoms with Crippen LogP contribution in [0.1, 0.15) is 19.8 Å². The number of alkyl halides is 1. The van der Waals surface area contributed by atoms with Crippen molar-refractivity contribution >= 4 is 23.4 Å². The van der Waals surface area contributed by atoms with Crippen molar-refractivity contribution < 1.29 is 0 Å². The van der Waals surface area contributed by atoms with Gasteiger partial charge in [-0.2, -0.15) is 0 Å². The van der Waals surface area contributed by atoms with Crippen molar-refractivity contribution in [2.75, 3.05) is 11.6 Å². The quantitative estimate of drug-likeness (QED) is 0.558. The molecule has 0 radical (unpaired) electrons. The van der Waals surface area contributed by atoms with Gasteiger partial charge in [-0.05, 0) is 29.2 Å². The SMILES string of the molecule is CC(CCCl)CCSc1nnnn1C. The summed E-state index contributed by atoms with van der Waals surface area (Å²) in [6.45, 7) is 2.22. The van der Waals surface area contributed by atoms with Gasteiger partial charge in [0.25, 0.3) is 0 Å². The number of tetrazole rings is 1. The fraction of sp³-hybridized carbons (Fsp3) is 0.875. The molecule has 0 amide bonds. The standard InChI is InChI=1S/C8H15ClN4S/c1-7(3-5-9)4-6-14-8-10-11-12-13(8)2/h7H,3-6H2,1-2H3. The lowest BCUT2D eigenvalue weighted by Gasteiger charge is -2.07. The lowest BCUT2D eigenvalue weighted by atomic mass is 10.1. The van der Waals surface area contributed by atoms with E-state index >= 15 is 0 Å². The highest BCUT2D eigenvalue weighted by atomic mass is 35.5. The van der Waals surface area contributed by atoms with Crippen LogP contribution in [0.15, 0.2) is 5.16 Å². The number of aryl methyl sites for hydroxylation is 1. The van der Waals surface area contributed by atoms with Crippen LogP contribution in [0.5, 0.6) is 0 Å². The van der Waals surface area contributed by atoms with E-state index in [2.05, 4.69) is 22.4 Å². The maximum atomic E-state index is 5.66. The van der Waals surface area contributed by atoms with Crippen molar-refractivity contribution in [2.24, 2.45) is 13.0 Å². The number of rotatable bonds is 6. The largest absolute Gasteiger partial charge is 0.224 e. The summed E-state index contributed by atoms with van der Waals surface area (Å²) in [5.74, 6) is 2.48. The molecule has 0 N–H and O–H groups in total. The van der Waals surface area contributed by atoms with E-state index in [1.807, 2.05) is 7.05 Å². The highest BCUT2D eigenvalue weighted by Crippen LogP contribution is 2.18. The number of thioether (sulfide) groups is 1. The second-order valence-electron chi connectivity index (χ2n) is 3.31. The smallest absolute Gasteiger partial charge is 0.209 e. The molecule has 4 nitrogen and oxygen atoms in total. The molecule has 1 aromatic heterocycles. The normalized spacial score (nSPS) is 13.1. The number of hydrogen-bond acceptors (Lipinski definition) is 4. The zero-order valence-corrected chi connectivity index (χ0v) is 10.1. The van der Waals surface area contributed by atoms with Gasteiger partial charge in [-0.3, -0.25) is 0 Å². The molecule has 1 unspecified atom stereocenters. The van der Waals surface area contributed by atoms with Crippen molar-refractivity contribution in [3.8, 4) is 0 Å². The van der Waals surface area contributed by atoms with Crippen LogP contribution in [-0.4, -0.2) is 31.8 Å². The maximum absolute atomic E-state index is 5.66. The van der Waals surface area contributed by atoms with E-state index in [1.54, 1.807) is 16.4 Å². The summed E-state index contributed by atoms with van der Waals surface area (Å²) in [5, 5.41) is 12.1. The molecular formula is C8H15ClN4S. The van der Waals surface area contributed by atoms with E-state index in [0.29, 0.717) is 5.92 Å². The van der Waals surface area contributed by atoms with Gasteiger partial charge in [0.1, 0.15) is 0 Å². The van der Waals surface area contributed by atoms with E-state index in [1.165, 1.54) is 0 Å². The first-order valence-electron chi connectivity index (χ1n) is 4.65. The lowest BCUT2D eigenvalue weighted by molar-refractivity contribution is 0.551. The molecule has 1 rings (SSSR count). The molecule has 14 heavy (non-hydrogen) atoms. The third-order valence-electron chi connectivity index (χ3n) is 2.02. The van der Waals surface area contributed by atoms with Crippen molar-refractivity contribution in [1.29, 1.82) is 0 Å². The van der Waals surface area contributed by atoms with Gasteiger partial charge >= 0.3 is 0 Å². The van der Waals surface area contributed by atoms with Gasteiger partial charge in [-0.25, -0.2) is 4.68 Å². The van der Waals surface area contributed by atoms with Crippen molar-refractivity contribution in [2.45, 2.75) is 24.9 Å². The van der Waals surface area contributed by atoms with Gasteiger partial charge in [0, 0.05) is 18.7 Å². The van der Waals surface area contributed by atoms with Crippen LogP contribution in [0.2, 0.25) is 0 Å². The van der Waals surface area contributed by atoms with E-state index in [4.69, 9.17) is 11.6 Å². The van der Waals surface area contributed by atoms with Gasteiger partial charge in [-0.15, -0.1) is 16.7 Å². The highest BCUT2D eigenvalue weighted by Gasteiger charge is 2.05. The Hall–Kier alpha value is -0.290. The van der Waals surface area contributed by atoms with Crippen LogP contribution >= 0.6 is 23.4 Å². The number of aromatic nitrogens is 4. The molecule has 6 heteroatoms. The first-order chi connectivity index (χ1) is 6.74. The molecule has 0 saturated heterocycles. The summed E-state index contributed by atoms with van der Waals surface area (Å²) in [6.07, 6.45) is 2.24. The molecule has 0 spiro atoms. The first-order valence-corrected chi connectivity index (χ1v) is 6.17. The molecule has 0 aliphatic heterocycles. The molecule has 1 atom stereocenters. The van der Waals surface area contributed by atoms with Gasteiger partial charge in [0.15, 0.2) is 0 Å². The minimum atomic E-state index is 0.682. The third kappa shape index (κ3) is 3.84. The molecule has 0 saturated carbocycles. The molecule has 0 bridgehead atoms. The summed E-state index contributed by atoms with van der Waals surface area (Å²) in [4.78, 5) is 0.